The second-order valence-electron chi connectivity index (χ2n) is 7.00. The second kappa shape index (κ2) is 8.18. The lowest BCUT2D eigenvalue weighted by molar-refractivity contribution is 0.0502. The Morgan fingerprint density at radius 2 is 1.90 bits per heavy atom. The van der Waals surface area contributed by atoms with Gasteiger partial charge in [-0.15, -0.1) is 0 Å². The van der Waals surface area contributed by atoms with E-state index in [-0.39, 0.29) is 0 Å². The molecule has 2 aliphatic rings. The summed E-state index contributed by atoms with van der Waals surface area (Å²) in [6.45, 7) is 1.56. The van der Waals surface area contributed by atoms with Gasteiger partial charge in [0.15, 0.2) is 0 Å². The van der Waals surface area contributed by atoms with Crippen LogP contribution in [0.1, 0.15) is 28.8 Å². The van der Waals surface area contributed by atoms with Crippen LogP contribution in [0.4, 0.5) is 11.4 Å². The Kier molecular flexibility index (Phi) is 5.45. The van der Waals surface area contributed by atoms with Crippen molar-refractivity contribution in [2.24, 2.45) is 16.7 Å². The third kappa shape index (κ3) is 3.56. The fourth-order valence-corrected chi connectivity index (χ4v) is 3.82. The summed E-state index contributed by atoms with van der Waals surface area (Å²) in [6.07, 6.45) is 1.42. The molecular weight excluding hydrogens is 372 g/mol. The second-order valence-corrected chi connectivity index (χ2v) is 7.00. The molecule has 0 radical (unpaired) electrons. The molecule has 6 N–H and O–H groups in total. The summed E-state index contributed by atoms with van der Waals surface area (Å²) >= 11 is 0. The van der Waals surface area contributed by atoms with E-state index in [0.717, 1.165) is 22.8 Å². The van der Waals surface area contributed by atoms with Crippen LogP contribution in [0.2, 0.25) is 0 Å². The normalized spacial score (nSPS) is 17.4. The van der Waals surface area contributed by atoms with E-state index in [0.29, 0.717) is 38.2 Å². The number of amidine groups is 1. The summed E-state index contributed by atoms with van der Waals surface area (Å²) in [5.41, 5.74) is 8.73. The largest absolute Gasteiger partial charge is 0.381 e. The fourth-order valence-electron chi connectivity index (χ4n) is 3.82. The number of nitrogens with zero attached hydrogens (tertiary/aromatic N) is 2. The van der Waals surface area contributed by atoms with Crippen LogP contribution in [0.25, 0.3) is 0 Å². The maximum atomic E-state index is 11.9. The zero-order valence-corrected chi connectivity index (χ0v) is 15.9. The van der Waals surface area contributed by atoms with E-state index in [1.54, 1.807) is 17.1 Å². The number of nitrogens with two attached hydrogens (primary N) is 2. The quantitative estimate of drug-likeness (QED) is 0.450. The number of para-hydroxylation sites is 2. The topological polar surface area (TPSA) is 127 Å². The van der Waals surface area contributed by atoms with Gasteiger partial charge in [-0.25, -0.2) is 21.1 Å². The third-order valence-corrected chi connectivity index (χ3v) is 5.43. The van der Waals surface area contributed by atoms with Gasteiger partial charge < -0.3 is 15.0 Å². The molecule has 9 heteroatoms. The minimum atomic E-state index is -0.583. The first-order valence-corrected chi connectivity index (χ1v) is 9.44. The first kappa shape index (κ1) is 19.3. The van der Waals surface area contributed by atoms with Gasteiger partial charge in [-0.1, -0.05) is 30.3 Å². The first-order chi connectivity index (χ1) is 14.2. The van der Waals surface area contributed by atoms with Crippen LogP contribution in [0, 0.1) is 0 Å². The van der Waals surface area contributed by atoms with Crippen LogP contribution >= 0.6 is 0 Å². The number of ether oxygens (including phenoxy) is 1. The van der Waals surface area contributed by atoms with Crippen molar-refractivity contribution in [2.75, 3.05) is 18.2 Å². The van der Waals surface area contributed by atoms with E-state index >= 15 is 0 Å². The summed E-state index contributed by atoms with van der Waals surface area (Å²) in [5, 5.41) is 1.79. The molecule has 1 spiro atoms. The van der Waals surface area contributed by atoms with Gasteiger partial charge >= 0.3 is 5.97 Å². The lowest BCUT2D eigenvalue weighted by Crippen LogP contribution is -2.67. The molecule has 4 rings (SSSR count). The van der Waals surface area contributed by atoms with Crippen molar-refractivity contribution in [1.29, 1.82) is 0 Å². The lowest BCUT2D eigenvalue weighted by atomic mass is 9.86. The molecule has 0 saturated carbocycles. The standard InChI is InChI=1S/C20H24N6O3/c21-26-17-8-4-3-7-16(17)24-19(20(26)9-11-28-12-10-20)25-23-13-14-5-1-2-6-15(14)18(27)29-22/h1-8,23H,9-13,21-22H2,(H,24,25). The summed E-state index contributed by atoms with van der Waals surface area (Å²) in [5.74, 6) is 11.7. The molecule has 1 fully saturated rings. The zero-order chi connectivity index (χ0) is 20.3. The van der Waals surface area contributed by atoms with Gasteiger partial charge in [0.05, 0.1) is 16.9 Å². The first-order valence-electron chi connectivity index (χ1n) is 9.44. The number of hydrogen-bond donors (Lipinski definition) is 4. The molecule has 152 valence electrons. The number of hydrogen-bond acceptors (Lipinski definition) is 9. The summed E-state index contributed by atoms with van der Waals surface area (Å²) < 4.78 is 5.56. The maximum Gasteiger partial charge on any atom is 0.356 e. The highest BCUT2D eigenvalue weighted by atomic mass is 16.7. The van der Waals surface area contributed by atoms with Gasteiger partial charge in [-0.2, -0.15) is 5.90 Å². The Bertz CT molecular complexity index is 926. The molecule has 0 aliphatic carbocycles. The predicted molar refractivity (Wildman–Crippen MR) is 109 cm³/mol. The van der Waals surface area contributed by atoms with Crippen molar-refractivity contribution in [3.8, 4) is 0 Å². The van der Waals surface area contributed by atoms with Crippen molar-refractivity contribution < 1.29 is 14.4 Å². The van der Waals surface area contributed by atoms with Crippen molar-refractivity contribution in [3.05, 3.63) is 59.7 Å². The monoisotopic (exact) mass is 396 g/mol. The minimum Gasteiger partial charge on any atom is -0.381 e. The minimum absolute atomic E-state index is 0.364. The molecule has 2 aromatic carbocycles. The Hall–Kier alpha value is -2.98. The molecule has 0 unspecified atom stereocenters. The van der Waals surface area contributed by atoms with Crippen LogP contribution in [0.5, 0.6) is 0 Å². The molecular formula is C20H24N6O3. The molecule has 2 heterocycles. The summed E-state index contributed by atoms with van der Waals surface area (Å²) in [4.78, 5) is 21.1. The number of fused-ring (bicyclic) bond motifs is 1. The SMILES string of the molecule is NOC(=O)c1ccccc1CNNC1=Nc2ccccc2N(N)C12CCOCC2. The van der Waals surface area contributed by atoms with Gasteiger partial charge in [-0.05, 0) is 23.8 Å². The summed E-state index contributed by atoms with van der Waals surface area (Å²) in [7, 11) is 0. The highest BCUT2D eigenvalue weighted by molar-refractivity contribution is 6.00. The van der Waals surface area contributed by atoms with Gasteiger partial charge in [-0.3, -0.25) is 5.01 Å². The van der Waals surface area contributed by atoms with E-state index in [9.17, 15) is 4.79 Å². The average Bonchev–Trinajstić information content (AvgIpc) is 2.78. The predicted octanol–water partition coefficient (Wildman–Crippen LogP) is 1.28. The van der Waals surface area contributed by atoms with Crippen molar-refractivity contribution in [1.82, 2.24) is 10.9 Å². The Morgan fingerprint density at radius 1 is 1.17 bits per heavy atom. The molecule has 0 amide bonds. The van der Waals surface area contributed by atoms with E-state index in [2.05, 4.69) is 15.7 Å². The molecule has 0 atom stereocenters. The Balaban J connectivity index is 1.57. The van der Waals surface area contributed by atoms with Crippen LogP contribution in [-0.4, -0.2) is 30.6 Å². The Morgan fingerprint density at radius 3 is 2.69 bits per heavy atom. The van der Waals surface area contributed by atoms with Crippen LogP contribution < -0.4 is 27.6 Å². The summed E-state index contributed by atoms with van der Waals surface area (Å²) in [6, 6.07) is 14.9. The van der Waals surface area contributed by atoms with Crippen LogP contribution in [0.3, 0.4) is 0 Å². The van der Waals surface area contributed by atoms with Crippen molar-refractivity contribution in [2.45, 2.75) is 24.9 Å². The highest BCUT2D eigenvalue weighted by Gasteiger charge is 2.45. The molecule has 29 heavy (non-hydrogen) atoms. The molecule has 2 aliphatic heterocycles. The van der Waals surface area contributed by atoms with E-state index in [4.69, 9.17) is 21.5 Å². The number of carbonyl (C=O) groups excluding carboxylic acids is 1. The number of hydrazine groups is 2. The number of nitrogens with one attached hydrogen (secondary N) is 2. The number of anilines is 1. The molecule has 0 bridgehead atoms. The zero-order valence-electron chi connectivity index (χ0n) is 15.9. The third-order valence-electron chi connectivity index (χ3n) is 5.43. The van der Waals surface area contributed by atoms with E-state index in [1.807, 2.05) is 36.4 Å². The fraction of sp³-hybridized carbons (Fsp3) is 0.300. The van der Waals surface area contributed by atoms with Crippen molar-refractivity contribution in [3.63, 3.8) is 0 Å². The molecule has 0 aromatic heterocycles. The van der Waals surface area contributed by atoms with Crippen LogP contribution in [0.15, 0.2) is 53.5 Å². The number of aliphatic imine (C=N–C) groups is 1. The van der Waals surface area contributed by atoms with Crippen molar-refractivity contribution >= 4 is 23.2 Å². The van der Waals surface area contributed by atoms with Gasteiger partial charge in [0, 0.05) is 32.6 Å². The molecule has 9 nitrogen and oxygen atoms in total. The van der Waals surface area contributed by atoms with Gasteiger partial charge in [0.2, 0.25) is 0 Å². The lowest BCUT2D eigenvalue weighted by Gasteiger charge is -2.47. The highest BCUT2D eigenvalue weighted by Crippen LogP contribution is 2.40. The molecule has 2 aromatic rings. The van der Waals surface area contributed by atoms with Crippen LogP contribution in [-0.2, 0) is 16.1 Å². The Labute approximate surface area is 168 Å². The average molecular weight is 396 g/mol. The number of rotatable bonds is 4. The van der Waals surface area contributed by atoms with E-state index < -0.39 is 11.5 Å². The van der Waals surface area contributed by atoms with E-state index in [1.165, 1.54) is 0 Å². The van der Waals surface area contributed by atoms with Gasteiger partial charge in [0.1, 0.15) is 11.4 Å². The molecule has 1 saturated heterocycles. The number of carbonyl (C=O) groups is 1. The smallest absolute Gasteiger partial charge is 0.356 e. The maximum absolute atomic E-state index is 11.9. The number of benzene rings is 2. The van der Waals surface area contributed by atoms with Gasteiger partial charge in [0.25, 0.3) is 0 Å².